The van der Waals surface area contributed by atoms with Crippen LogP contribution in [0.2, 0.25) is 0 Å². The summed E-state index contributed by atoms with van der Waals surface area (Å²) in [5, 5.41) is 9.14. The molecule has 0 saturated heterocycles. The zero-order valence-corrected chi connectivity index (χ0v) is 9.36. The Balaban J connectivity index is 2.27. The van der Waals surface area contributed by atoms with Crippen LogP contribution in [0.1, 0.15) is 33.1 Å². The number of aliphatic hydroxyl groups is 1. The molecule has 0 aromatic rings. The van der Waals surface area contributed by atoms with Crippen molar-refractivity contribution in [2.75, 3.05) is 13.6 Å². The molecule has 3 heteroatoms. The number of hydrogen-bond donors (Lipinski definition) is 1. The van der Waals surface area contributed by atoms with Crippen molar-refractivity contribution in [3.05, 3.63) is 0 Å². The molecule has 1 rings (SSSR count). The van der Waals surface area contributed by atoms with Crippen molar-refractivity contribution >= 4 is 5.78 Å². The van der Waals surface area contributed by atoms with Crippen molar-refractivity contribution in [3.8, 4) is 0 Å². The van der Waals surface area contributed by atoms with Gasteiger partial charge in [-0.15, -0.1) is 0 Å². The summed E-state index contributed by atoms with van der Waals surface area (Å²) < 4.78 is 0. The average molecular weight is 199 g/mol. The van der Waals surface area contributed by atoms with Gasteiger partial charge in [-0.3, -0.25) is 9.69 Å². The molecule has 82 valence electrons. The molecule has 0 heterocycles. The fourth-order valence-electron chi connectivity index (χ4n) is 1.96. The van der Waals surface area contributed by atoms with Gasteiger partial charge in [0.1, 0.15) is 5.78 Å². The van der Waals surface area contributed by atoms with Crippen LogP contribution in [-0.4, -0.2) is 41.5 Å². The van der Waals surface area contributed by atoms with Crippen molar-refractivity contribution in [1.29, 1.82) is 0 Å². The lowest BCUT2D eigenvalue weighted by atomic mass is 9.82. The van der Waals surface area contributed by atoms with E-state index in [2.05, 4.69) is 4.90 Å². The van der Waals surface area contributed by atoms with E-state index in [-0.39, 0.29) is 12.1 Å². The van der Waals surface area contributed by atoms with E-state index in [1.807, 2.05) is 20.9 Å². The van der Waals surface area contributed by atoms with Gasteiger partial charge < -0.3 is 5.11 Å². The molecule has 1 N–H and O–H groups in total. The lowest BCUT2D eigenvalue weighted by Crippen LogP contribution is -2.43. The highest BCUT2D eigenvalue weighted by atomic mass is 16.3. The van der Waals surface area contributed by atoms with E-state index in [1.165, 1.54) is 0 Å². The minimum atomic E-state index is -0.0921. The SMILES string of the molecule is CCC(=O)C(C)N(C)CC1CC(O)C1. The third-order valence-electron chi connectivity index (χ3n) is 3.23. The molecule has 0 spiro atoms. The van der Waals surface area contributed by atoms with Crippen molar-refractivity contribution in [2.45, 2.75) is 45.3 Å². The number of hydrogen-bond acceptors (Lipinski definition) is 3. The van der Waals surface area contributed by atoms with Gasteiger partial charge in [-0.05, 0) is 32.7 Å². The van der Waals surface area contributed by atoms with E-state index in [9.17, 15) is 4.79 Å². The molecular formula is C11H21NO2. The van der Waals surface area contributed by atoms with Gasteiger partial charge in [0.15, 0.2) is 0 Å². The molecule has 1 saturated carbocycles. The van der Waals surface area contributed by atoms with Crippen molar-refractivity contribution < 1.29 is 9.90 Å². The fourth-order valence-corrected chi connectivity index (χ4v) is 1.96. The standard InChI is InChI=1S/C11H21NO2/c1-4-11(14)8(2)12(3)7-9-5-10(13)6-9/h8-10,13H,4-7H2,1-3H3. The van der Waals surface area contributed by atoms with E-state index in [4.69, 9.17) is 5.11 Å². The molecule has 0 radical (unpaired) electrons. The number of likely N-dealkylation sites (N-methyl/N-ethyl adjacent to an activating group) is 1. The van der Waals surface area contributed by atoms with E-state index < -0.39 is 0 Å². The van der Waals surface area contributed by atoms with Gasteiger partial charge in [0.25, 0.3) is 0 Å². The topological polar surface area (TPSA) is 40.5 Å². The summed E-state index contributed by atoms with van der Waals surface area (Å²) >= 11 is 0. The van der Waals surface area contributed by atoms with E-state index in [1.54, 1.807) is 0 Å². The second-order valence-corrected chi connectivity index (χ2v) is 4.43. The molecular weight excluding hydrogens is 178 g/mol. The van der Waals surface area contributed by atoms with Crippen LogP contribution in [0.25, 0.3) is 0 Å². The van der Waals surface area contributed by atoms with Crippen molar-refractivity contribution in [1.82, 2.24) is 4.90 Å². The van der Waals surface area contributed by atoms with Gasteiger partial charge in [-0.25, -0.2) is 0 Å². The number of carbonyl (C=O) groups excluding carboxylic acids is 1. The van der Waals surface area contributed by atoms with Crippen molar-refractivity contribution in [2.24, 2.45) is 5.92 Å². The Hall–Kier alpha value is -0.410. The Morgan fingerprint density at radius 3 is 2.57 bits per heavy atom. The number of ketones is 1. The lowest BCUT2D eigenvalue weighted by Gasteiger charge is -2.36. The number of Topliss-reactive ketones (excluding diaryl/α,β-unsaturated/α-hetero) is 1. The summed E-state index contributed by atoms with van der Waals surface area (Å²) in [4.78, 5) is 13.5. The van der Waals surface area contributed by atoms with Gasteiger partial charge in [0.05, 0.1) is 12.1 Å². The Bertz CT molecular complexity index is 199. The molecule has 3 nitrogen and oxygen atoms in total. The summed E-state index contributed by atoms with van der Waals surface area (Å²) in [6.07, 6.45) is 2.32. The monoisotopic (exact) mass is 199 g/mol. The maximum atomic E-state index is 11.4. The number of rotatable bonds is 5. The molecule has 1 atom stereocenters. The first-order valence-electron chi connectivity index (χ1n) is 5.45. The first-order chi connectivity index (χ1) is 6.54. The molecule has 1 aliphatic rings. The van der Waals surface area contributed by atoms with Crippen LogP contribution < -0.4 is 0 Å². The van der Waals surface area contributed by atoms with Crippen LogP contribution in [0.3, 0.4) is 0 Å². The van der Waals surface area contributed by atoms with Gasteiger partial charge in [0, 0.05) is 13.0 Å². The Labute approximate surface area is 86.1 Å². The van der Waals surface area contributed by atoms with Gasteiger partial charge in [0.2, 0.25) is 0 Å². The number of aliphatic hydroxyl groups excluding tert-OH is 1. The summed E-state index contributed by atoms with van der Waals surface area (Å²) in [6.45, 7) is 4.80. The third-order valence-corrected chi connectivity index (χ3v) is 3.23. The molecule has 0 aliphatic heterocycles. The van der Waals surface area contributed by atoms with Crippen LogP contribution in [-0.2, 0) is 4.79 Å². The van der Waals surface area contributed by atoms with Crippen molar-refractivity contribution in [3.63, 3.8) is 0 Å². The minimum Gasteiger partial charge on any atom is -0.393 e. The maximum Gasteiger partial charge on any atom is 0.149 e. The molecule has 0 bridgehead atoms. The highest BCUT2D eigenvalue weighted by Gasteiger charge is 2.29. The van der Waals surface area contributed by atoms with E-state index >= 15 is 0 Å². The molecule has 14 heavy (non-hydrogen) atoms. The summed E-state index contributed by atoms with van der Waals surface area (Å²) in [6, 6.07) is 0.0257. The normalized spacial score (nSPS) is 28.6. The Kier molecular flexibility index (Phi) is 4.08. The van der Waals surface area contributed by atoms with Crippen LogP contribution in [0.4, 0.5) is 0 Å². The molecule has 1 aliphatic carbocycles. The number of carbonyl (C=O) groups is 1. The highest BCUT2D eigenvalue weighted by molar-refractivity contribution is 5.83. The molecule has 1 unspecified atom stereocenters. The van der Waals surface area contributed by atoms with Crippen LogP contribution >= 0.6 is 0 Å². The second kappa shape index (κ2) is 4.89. The van der Waals surface area contributed by atoms with Gasteiger partial charge in [-0.2, -0.15) is 0 Å². The average Bonchev–Trinajstić information content (AvgIpc) is 2.12. The number of nitrogens with zero attached hydrogens (tertiary/aromatic N) is 1. The minimum absolute atomic E-state index is 0.0257. The molecule has 0 aromatic carbocycles. The first kappa shape index (κ1) is 11.7. The first-order valence-corrected chi connectivity index (χ1v) is 5.45. The predicted molar refractivity (Wildman–Crippen MR) is 56.1 cm³/mol. The Morgan fingerprint density at radius 2 is 2.14 bits per heavy atom. The third kappa shape index (κ3) is 2.79. The quantitative estimate of drug-likeness (QED) is 0.719. The summed E-state index contributed by atoms with van der Waals surface area (Å²) in [5.74, 6) is 0.884. The second-order valence-electron chi connectivity index (χ2n) is 4.43. The lowest BCUT2D eigenvalue weighted by molar-refractivity contribution is -0.123. The molecule has 0 amide bonds. The van der Waals surface area contributed by atoms with E-state index in [0.29, 0.717) is 18.1 Å². The summed E-state index contributed by atoms with van der Waals surface area (Å²) in [5.41, 5.74) is 0. The summed E-state index contributed by atoms with van der Waals surface area (Å²) in [7, 11) is 1.99. The van der Waals surface area contributed by atoms with E-state index in [0.717, 1.165) is 19.4 Å². The van der Waals surface area contributed by atoms with Crippen LogP contribution in [0.15, 0.2) is 0 Å². The van der Waals surface area contributed by atoms with Crippen LogP contribution in [0, 0.1) is 5.92 Å². The molecule has 0 aromatic heterocycles. The zero-order chi connectivity index (χ0) is 10.7. The largest absolute Gasteiger partial charge is 0.393 e. The highest BCUT2D eigenvalue weighted by Crippen LogP contribution is 2.28. The van der Waals surface area contributed by atoms with Gasteiger partial charge >= 0.3 is 0 Å². The van der Waals surface area contributed by atoms with Gasteiger partial charge in [-0.1, -0.05) is 6.92 Å². The fraction of sp³-hybridized carbons (Fsp3) is 0.909. The smallest absolute Gasteiger partial charge is 0.149 e. The maximum absolute atomic E-state index is 11.4. The van der Waals surface area contributed by atoms with Crippen LogP contribution in [0.5, 0.6) is 0 Å². The predicted octanol–water partition coefficient (Wildman–Crippen LogP) is 1.06. The zero-order valence-electron chi connectivity index (χ0n) is 9.36. The Morgan fingerprint density at radius 1 is 1.57 bits per heavy atom. The molecule has 1 fully saturated rings.